The quantitative estimate of drug-likeness (QED) is 0.820. The fourth-order valence-corrected chi connectivity index (χ4v) is 2.51. The lowest BCUT2D eigenvalue weighted by Gasteiger charge is -2.16. The minimum absolute atomic E-state index is 0.0322. The number of rotatable bonds is 6. The second-order valence-corrected chi connectivity index (χ2v) is 5.56. The molecule has 5 heteroatoms. The zero-order valence-electron chi connectivity index (χ0n) is 11.4. The molecule has 106 valence electrons. The van der Waals surface area contributed by atoms with E-state index in [1.54, 1.807) is 47.7 Å². The first-order valence-corrected chi connectivity index (χ1v) is 7.40. The van der Waals surface area contributed by atoms with Crippen molar-refractivity contribution in [1.29, 1.82) is 0 Å². The third kappa shape index (κ3) is 4.13. The van der Waals surface area contributed by atoms with E-state index in [2.05, 4.69) is 4.98 Å². The van der Waals surface area contributed by atoms with Crippen LogP contribution < -0.4 is 0 Å². The Bertz CT molecular complexity index is 557. The van der Waals surface area contributed by atoms with Crippen LogP contribution in [0.3, 0.4) is 0 Å². The van der Waals surface area contributed by atoms with Crippen LogP contribution in [0.4, 0.5) is 4.39 Å². The third-order valence-corrected chi connectivity index (χ3v) is 3.98. The Morgan fingerprint density at radius 1 is 1.35 bits per heavy atom. The van der Waals surface area contributed by atoms with Crippen molar-refractivity contribution in [2.75, 3.05) is 13.6 Å². The zero-order chi connectivity index (χ0) is 14.4. The topological polar surface area (TPSA) is 33.2 Å². The molecule has 2 rings (SSSR count). The summed E-state index contributed by atoms with van der Waals surface area (Å²) in [6.07, 6.45) is 3.29. The number of carbonyl (C=O) groups excluding carboxylic acids is 1. The van der Waals surface area contributed by atoms with E-state index in [9.17, 15) is 9.18 Å². The van der Waals surface area contributed by atoms with Crippen LogP contribution in [0.1, 0.15) is 17.0 Å². The molecule has 1 aromatic heterocycles. The molecule has 1 aromatic carbocycles. The van der Waals surface area contributed by atoms with Crippen molar-refractivity contribution in [3.63, 3.8) is 0 Å². The highest BCUT2D eigenvalue weighted by atomic mass is 32.1. The van der Waals surface area contributed by atoms with Gasteiger partial charge in [-0.15, -0.1) is 11.3 Å². The van der Waals surface area contributed by atoms with Crippen LogP contribution in [0.15, 0.2) is 35.8 Å². The van der Waals surface area contributed by atoms with E-state index in [-0.39, 0.29) is 11.7 Å². The van der Waals surface area contributed by atoms with E-state index < -0.39 is 0 Å². The summed E-state index contributed by atoms with van der Waals surface area (Å²) in [5.41, 5.74) is 0.592. The molecule has 2 aromatic rings. The zero-order valence-corrected chi connectivity index (χ0v) is 12.2. The SMILES string of the molecule is CN(CCc1nccs1)C(=O)CCc1ccccc1F. The van der Waals surface area contributed by atoms with Gasteiger partial charge in [0.15, 0.2) is 0 Å². The van der Waals surface area contributed by atoms with Gasteiger partial charge in [-0.05, 0) is 18.1 Å². The molecule has 1 amide bonds. The van der Waals surface area contributed by atoms with Gasteiger partial charge in [0.1, 0.15) is 5.82 Å². The fourth-order valence-electron chi connectivity index (χ4n) is 1.90. The van der Waals surface area contributed by atoms with E-state index >= 15 is 0 Å². The number of carbonyl (C=O) groups is 1. The molecule has 0 fully saturated rings. The molecule has 0 atom stereocenters. The van der Waals surface area contributed by atoms with Crippen molar-refractivity contribution in [1.82, 2.24) is 9.88 Å². The molecule has 0 spiro atoms. The van der Waals surface area contributed by atoms with Gasteiger partial charge < -0.3 is 4.90 Å². The van der Waals surface area contributed by atoms with Crippen LogP contribution in [0.25, 0.3) is 0 Å². The smallest absolute Gasteiger partial charge is 0.222 e. The van der Waals surface area contributed by atoms with E-state index in [1.165, 1.54) is 6.07 Å². The largest absolute Gasteiger partial charge is 0.345 e. The molecule has 0 unspecified atom stereocenters. The van der Waals surface area contributed by atoms with Gasteiger partial charge in [0.25, 0.3) is 0 Å². The highest BCUT2D eigenvalue weighted by Crippen LogP contribution is 2.10. The summed E-state index contributed by atoms with van der Waals surface area (Å²) in [5, 5.41) is 2.95. The number of aromatic nitrogens is 1. The molecular formula is C15H17FN2OS. The minimum Gasteiger partial charge on any atom is -0.345 e. The molecule has 1 heterocycles. The van der Waals surface area contributed by atoms with Crippen molar-refractivity contribution in [2.24, 2.45) is 0 Å². The highest BCUT2D eigenvalue weighted by Gasteiger charge is 2.10. The summed E-state index contributed by atoms with van der Waals surface area (Å²) >= 11 is 1.59. The molecule has 0 aliphatic heterocycles. The summed E-state index contributed by atoms with van der Waals surface area (Å²) in [5.74, 6) is -0.212. The standard InChI is InChI=1S/C15H17FN2OS/c1-18(10-8-14-17-9-11-20-14)15(19)7-6-12-4-2-3-5-13(12)16/h2-5,9,11H,6-8,10H2,1H3. The van der Waals surface area contributed by atoms with Crippen LogP contribution in [-0.2, 0) is 17.6 Å². The predicted molar refractivity (Wildman–Crippen MR) is 78.2 cm³/mol. The average Bonchev–Trinajstić information content (AvgIpc) is 2.97. The Balaban J connectivity index is 1.78. The van der Waals surface area contributed by atoms with Gasteiger partial charge in [0.05, 0.1) is 5.01 Å². The van der Waals surface area contributed by atoms with Crippen LogP contribution in [0.2, 0.25) is 0 Å². The molecule has 0 N–H and O–H groups in total. The maximum absolute atomic E-state index is 13.4. The first-order chi connectivity index (χ1) is 9.66. The van der Waals surface area contributed by atoms with Gasteiger partial charge in [-0.3, -0.25) is 4.79 Å². The van der Waals surface area contributed by atoms with Crippen molar-refractivity contribution in [3.8, 4) is 0 Å². The Hall–Kier alpha value is -1.75. The molecule has 0 aliphatic carbocycles. The first kappa shape index (κ1) is 14.7. The first-order valence-electron chi connectivity index (χ1n) is 6.52. The van der Waals surface area contributed by atoms with Gasteiger partial charge in [0, 0.05) is 38.0 Å². The molecule has 3 nitrogen and oxygen atoms in total. The summed E-state index contributed by atoms with van der Waals surface area (Å²) in [6, 6.07) is 6.58. The van der Waals surface area contributed by atoms with Gasteiger partial charge in [-0.25, -0.2) is 9.37 Å². The maximum Gasteiger partial charge on any atom is 0.222 e. The Kier molecular flexibility index (Phi) is 5.24. The van der Waals surface area contributed by atoms with Gasteiger partial charge >= 0.3 is 0 Å². The van der Waals surface area contributed by atoms with Crippen LogP contribution in [0.5, 0.6) is 0 Å². The number of nitrogens with zero attached hydrogens (tertiary/aromatic N) is 2. The Morgan fingerprint density at radius 3 is 2.85 bits per heavy atom. The maximum atomic E-state index is 13.4. The van der Waals surface area contributed by atoms with Gasteiger partial charge in [-0.1, -0.05) is 18.2 Å². The fraction of sp³-hybridized carbons (Fsp3) is 0.333. The van der Waals surface area contributed by atoms with E-state index in [1.807, 2.05) is 5.38 Å². The molecule has 0 radical (unpaired) electrons. The lowest BCUT2D eigenvalue weighted by Crippen LogP contribution is -2.29. The molecule has 0 saturated carbocycles. The van der Waals surface area contributed by atoms with E-state index in [0.717, 1.165) is 11.4 Å². The third-order valence-electron chi connectivity index (χ3n) is 3.14. The van der Waals surface area contributed by atoms with Crippen LogP contribution >= 0.6 is 11.3 Å². The molecule has 0 bridgehead atoms. The van der Waals surface area contributed by atoms with E-state index in [4.69, 9.17) is 0 Å². The number of aryl methyl sites for hydroxylation is 1. The normalized spacial score (nSPS) is 10.5. The number of amides is 1. The molecular weight excluding hydrogens is 275 g/mol. The minimum atomic E-state index is -0.245. The molecule has 0 aliphatic rings. The number of benzene rings is 1. The average molecular weight is 292 g/mol. The van der Waals surface area contributed by atoms with Crippen molar-refractivity contribution < 1.29 is 9.18 Å². The van der Waals surface area contributed by atoms with Crippen molar-refractivity contribution in [3.05, 3.63) is 52.2 Å². The highest BCUT2D eigenvalue weighted by molar-refractivity contribution is 7.09. The number of hydrogen-bond donors (Lipinski definition) is 0. The number of hydrogen-bond acceptors (Lipinski definition) is 3. The lowest BCUT2D eigenvalue weighted by molar-refractivity contribution is -0.129. The van der Waals surface area contributed by atoms with Gasteiger partial charge in [0.2, 0.25) is 5.91 Å². The number of thiazole rings is 1. The molecule has 0 saturated heterocycles. The Labute approximate surface area is 122 Å². The second-order valence-electron chi connectivity index (χ2n) is 4.58. The number of halogens is 1. The van der Waals surface area contributed by atoms with Crippen molar-refractivity contribution in [2.45, 2.75) is 19.3 Å². The summed E-state index contributed by atoms with van der Waals surface area (Å²) in [7, 11) is 1.78. The summed E-state index contributed by atoms with van der Waals surface area (Å²) in [4.78, 5) is 17.8. The monoisotopic (exact) mass is 292 g/mol. The second kappa shape index (κ2) is 7.14. The predicted octanol–water partition coefficient (Wildman–Crippen LogP) is 2.92. The number of likely N-dealkylation sites (N-methyl/N-ethyl adjacent to an activating group) is 1. The lowest BCUT2D eigenvalue weighted by atomic mass is 10.1. The summed E-state index contributed by atoms with van der Waals surface area (Å²) in [6.45, 7) is 0.642. The molecule has 20 heavy (non-hydrogen) atoms. The Morgan fingerprint density at radius 2 is 2.15 bits per heavy atom. The summed E-state index contributed by atoms with van der Waals surface area (Å²) < 4.78 is 13.4. The van der Waals surface area contributed by atoms with Gasteiger partial charge in [-0.2, -0.15) is 0 Å². The van der Waals surface area contributed by atoms with E-state index in [0.29, 0.717) is 24.9 Å². The van der Waals surface area contributed by atoms with Crippen molar-refractivity contribution >= 4 is 17.2 Å². The van der Waals surface area contributed by atoms with Crippen LogP contribution in [0, 0.1) is 5.82 Å². The van der Waals surface area contributed by atoms with Crippen LogP contribution in [-0.4, -0.2) is 29.4 Å².